The van der Waals surface area contributed by atoms with E-state index in [0.717, 1.165) is 6.08 Å². The number of methoxy groups -OCH3 is 4. The minimum absolute atomic E-state index is 0.00986. The van der Waals surface area contributed by atoms with Crippen molar-refractivity contribution in [3.05, 3.63) is 23.2 Å². The first-order chi connectivity index (χ1) is 8.48. The van der Waals surface area contributed by atoms with E-state index >= 15 is 0 Å². The Labute approximate surface area is 105 Å². The van der Waals surface area contributed by atoms with Crippen LogP contribution in [0.15, 0.2) is 23.2 Å². The Morgan fingerprint density at radius 2 is 1.67 bits per heavy atom. The molecule has 100 valence electrons. The first kappa shape index (κ1) is 14.4. The summed E-state index contributed by atoms with van der Waals surface area (Å²) in [5, 5.41) is 0. The molecule has 0 saturated carbocycles. The average Bonchev–Trinajstić information content (AvgIpc) is 2.36. The monoisotopic (exact) mass is 256 g/mol. The van der Waals surface area contributed by atoms with E-state index in [4.69, 9.17) is 18.9 Å². The van der Waals surface area contributed by atoms with Crippen molar-refractivity contribution >= 4 is 11.6 Å². The van der Waals surface area contributed by atoms with E-state index in [1.54, 1.807) is 0 Å². The first-order valence-electron chi connectivity index (χ1n) is 5.19. The van der Waals surface area contributed by atoms with Crippen molar-refractivity contribution in [3.8, 4) is 0 Å². The van der Waals surface area contributed by atoms with Gasteiger partial charge in [0.2, 0.25) is 0 Å². The number of carbonyl (C=O) groups excluding carboxylic acids is 2. The molecular formula is C12H16O6. The number of carbonyl (C=O) groups is 2. The van der Waals surface area contributed by atoms with Crippen LogP contribution in [-0.4, -0.2) is 45.8 Å². The second kappa shape index (κ2) is 5.32. The van der Waals surface area contributed by atoms with Crippen molar-refractivity contribution in [2.24, 2.45) is 0 Å². The van der Waals surface area contributed by atoms with Gasteiger partial charge in [0.05, 0.1) is 14.2 Å². The van der Waals surface area contributed by atoms with Crippen molar-refractivity contribution in [2.75, 3.05) is 28.4 Å². The fourth-order valence-electron chi connectivity index (χ4n) is 1.91. The van der Waals surface area contributed by atoms with E-state index in [0.29, 0.717) is 0 Å². The highest BCUT2D eigenvalue weighted by atomic mass is 16.7. The van der Waals surface area contributed by atoms with Crippen LogP contribution in [0.5, 0.6) is 0 Å². The zero-order chi connectivity index (χ0) is 13.9. The second-order valence-corrected chi connectivity index (χ2v) is 3.57. The Hall–Kier alpha value is -1.66. The zero-order valence-electron chi connectivity index (χ0n) is 11.0. The normalized spacial score (nSPS) is 18.5. The van der Waals surface area contributed by atoms with Crippen LogP contribution >= 0.6 is 0 Å². The fourth-order valence-corrected chi connectivity index (χ4v) is 1.91. The lowest BCUT2D eigenvalue weighted by atomic mass is 9.93. The van der Waals surface area contributed by atoms with Gasteiger partial charge in [-0.15, -0.1) is 0 Å². The molecule has 0 atom stereocenters. The van der Waals surface area contributed by atoms with Gasteiger partial charge in [-0.1, -0.05) is 0 Å². The zero-order valence-corrected chi connectivity index (χ0v) is 11.0. The van der Waals surface area contributed by atoms with Gasteiger partial charge in [0.25, 0.3) is 5.79 Å². The summed E-state index contributed by atoms with van der Waals surface area (Å²) in [4.78, 5) is 23.4. The summed E-state index contributed by atoms with van der Waals surface area (Å²) in [6, 6.07) is 0. The van der Waals surface area contributed by atoms with Crippen molar-refractivity contribution in [3.63, 3.8) is 0 Å². The molecule has 0 fully saturated rings. The van der Waals surface area contributed by atoms with Crippen LogP contribution in [0.4, 0.5) is 0 Å². The maximum Gasteiger partial charge on any atom is 0.288 e. The van der Waals surface area contributed by atoms with Gasteiger partial charge < -0.3 is 18.9 Å². The Kier molecular flexibility index (Phi) is 4.26. The number of allylic oxidation sites excluding steroid dienone is 2. The van der Waals surface area contributed by atoms with Gasteiger partial charge in [-0.05, 0) is 6.92 Å². The number of rotatable bonds is 5. The van der Waals surface area contributed by atoms with E-state index in [-0.39, 0.29) is 17.1 Å². The number of ether oxygens (including phenoxy) is 4. The molecule has 0 radical (unpaired) electrons. The number of hydrogen-bond acceptors (Lipinski definition) is 6. The predicted octanol–water partition coefficient (Wildman–Crippen LogP) is 0.578. The topological polar surface area (TPSA) is 71.1 Å². The predicted molar refractivity (Wildman–Crippen MR) is 61.6 cm³/mol. The van der Waals surface area contributed by atoms with Gasteiger partial charge in [-0.3, -0.25) is 9.59 Å². The molecule has 18 heavy (non-hydrogen) atoms. The van der Waals surface area contributed by atoms with E-state index < -0.39 is 17.4 Å². The molecule has 6 heteroatoms. The summed E-state index contributed by atoms with van der Waals surface area (Å²) in [5.41, 5.74) is -0.109. The molecule has 0 unspecified atom stereocenters. The lowest BCUT2D eigenvalue weighted by molar-refractivity contribution is -0.197. The summed E-state index contributed by atoms with van der Waals surface area (Å²) >= 11 is 0. The minimum Gasteiger partial charge on any atom is -0.495 e. The third-order valence-corrected chi connectivity index (χ3v) is 2.71. The number of Topliss-reactive ketones (excluding diaryl/α,β-unsaturated/α-hetero) is 1. The Balaban J connectivity index is 3.55. The van der Waals surface area contributed by atoms with Crippen LogP contribution in [0, 0.1) is 0 Å². The molecule has 0 aromatic rings. The Morgan fingerprint density at radius 3 is 2.00 bits per heavy atom. The van der Waals surface area contributed by atoms with Gasteiger partial charge in [-0.2, -0.15) is 0 Å². The Bertz CT molecular complexity index is 428. The van der Waals surface area contributed by atoms with Gasteiger partial charge in [0.15, 0.2) is 23.1 Å². The molecule has 1 aliphatic carbocycles. The minimum atomic E-state index is -1.52. The molecule has 1 rings (SSSR count). The fraction of sp³-hybridized carbons (Fsp3) is 0.500. The summed E-state index contributed by atoms with van der Waals surface area (Å²) in [6.07, 6.45) is 1.16. The summed E-state index contributed by atoms with van der Waals surface area (Å²) in [7, 11) is 5.43. The molecule has 1 aliphatic rings. The van der Waals surface area contributed by atoms with Gasteiger partial charge >= 0.3 is 0 Å². The summed E-state index contributed by atoms with van der Waals surface area (Å²) in [6.45, 7) is 1.27. The second-order valence-electron chi connectivity index (χ2n) is 3.57. The van der Waals surface area contributed by atoms with Crippen LogP contribution in [-0.2, 0) is 28.5 Å². The van der Waals surface area contributed by atoms with Crippen molar-refractivity contribution in [1.29, 1.82) is 0 Å². The molecule has 0 aliphatic heterocycles. The van der Waals surface area contributed by atoms with Crippen LogP contribution in [0.1, 0.15) is 6.92 Å². The standard InChI is InChI=1S/C12H16O6/c1-7(13)10-8(14)6-9(15-2)12(17-4,18-5)11(10)16-3/h6H,1-5H3. The molecule has 0 aromatic heterocycles. The molecule has 0 spiro atoms. The SMILES string of the molecule is COC1=CC(=O)C(C(C)=O)=C(OC)C1(OC)OC. The smallest absolute Gasteiger partial charge is 0.288 e. The third kappa shape index (κ3) is 1.93. The maximum absolute atomic E-state index is 11.9. The van der Waals surface area contributed by atoms with Crippen LogP contribution in [0.3, 0.4) is 0 Å². The van der Waals surface area contributed by atoms with E-state index in [2.05, 4.69) is 0 Å². The van der Waals surface area contributed by atoms with Crippen LogP contribution in [0.2, 0.25) is 0 Å². The largest absolute Gasteiger partial charge is 0.495 e. The van der Waals surface area contributed by atoms with Crippen molar-refractivity contribution in [2.45, 2.75) is 12.7 Å². The molecule has 0 heterocycles. The number of hydrogen-bond donors (Lipinski definition) is 0. The van der Waals surface area contributed by atoms with Crippen molar-refractivity contribution < 1.29 is 28.5 Å². The highest BCUT2D eigenvalue weighted by Gasteiger charge is 2.49. The quantitative estimate of drug-likeness (QED) is 0.529. The average molecular weight is 256 g/mol. The van der Waals surface area contributed by atoms with Gasteiger partial charge in [0, 0.05) is 20.3 Å². The van der Waals surface area contributed by atoms with E-state index in [1.165, 1.54) is 35.4 Å². The molecule has 6 nitrogen and oxygen atoms in total. The molecule has 0 saturated heterocycles. The molecule has 0 amide bonds. The van der Waals surface area contributed by atoms with Crippen molar-refractivity contribution in [1.82, 2.24) is 0 Å². The summed E-state index contributed by atoms with van der Waals surface area (Å²) in [5.74, 6) is -2.33. The highest BCUT2D eigenvalue weighted by molar-refractivity contribution is 6.24. The Morgan fingerprint density at radius 1 is 1.11 bits per heavy atom. The van der Waals surface area contributed by atoms with E-state index in [9.17, 15) is 9.59 Å². The highest BCUT2D eigenvalue weighted by Crippen LogP contribution is 2.37. The summed E-state index contributed by atoms with van der Waals surface area (Å²) < 4.78 is 20.7. The molecule has 0 aromatic carbocycles. The van der Waals surface area contributed by atoms with Crippen LogP contribution in [0.25, 0.3) is 0 Å². The molecule has 0 N–H and O–H groups in total. The van der Waals surface area contributed by atoms with Crippen LogP contribution < -0.4 is 0 Å². The van der Waals surface area contributed by atoms with E-state index in [1.807, 2.05) is 0 Å². The third-order valence-electron chi connectivity index (χ3n) is 2.71. The van der Waals surface area contributed by atoms with Gasteiger partial charge in [-0.25, -0.2) is 0 Å². The lowest BCUT2D eigenvalue weighted by Crippen LogP contribution is -2.44. The molecular weight excluding hydrogens is 240 g/mol. The maximum atomic E-state index is 11.9. The number of ketones is 2. The van der Waals surface area contributed by atoms with Gasteiger partial charge in [0.1, 0.15) is 5.57 Å². The first-order valence-corrected chi connectivity index (χ1v) is 5.19. The lowest BCUT2D eigenvalue weighted by Gasteiger charge is -2.35. The molecule has 0 bridgehead atoms.